The SMILES string of the molecule is [O-][N+]([O-])=c1[nH]ccn1CC(O)CO. The van der Waals surface area contributed by atoms with Crippen LogP contribution in [0.15, 0.2) is 12.4 Å². The summed E-state index contributed by atoms with van der Waals surface area (Å²) >= 11 is 0. The van der Waals surface area contributed by atoms with Crippen LogP contribution >= 0.6 is 0 Å². The van der Waals surface area contributed by atoms with Gasteiger partial charge in [0.05, 0.1) is 25.5 Å². The minimum Gasteiger partial charge on any atom is -0.744 e. The highest BCUT2D eigenvalue weighted by Gasteiger charge is 2.07. The zero-order valence-corrected chi connectivity index (χ0v) is 6.75. The standard InChI is InChI=1S/C6H10N3O4/c10-4-5(11)3-8-2-1-7-6(8)9(12)13/h1-2,5,7,10-11H,3-4H2/q-1. The lowest BCUT2D eigenvalue weighted by molar-refractivity contribution is 0.0800. The first-order valence-electron chi connectivity index (χ1n) is 3.65. The number of H-pyrrole nitrogens is 1. The van der Waals surface area contributed by atoms with Crippen molar-refractivity contribution in [2.24, 2.45) is 0 Å². The summed E-state index contributed by atoms with van der Waals surface area (Å²) in [5, 5.41) is 38.3. The lowest BCUT2D eigenvalue weighted by Crippen LogP contribution is -2.33. The van der Waals surface area contributed by atoms with E-state index in [4.69, 9.17) is 10.2 Å². The van der Waals surface area contributed by atoms with E-state index in [0.29, 0.717) is 0 Å². The Kier molecular flexibility index (Phi) is 2.93. The first-order chi connectivity index (χ1) is 6.15. The minimum absolute atomic E-state index is 0.00366. The zero-order chi connectivity index (χ0) is 9.84. The topological polar surface area (TPSA) is 110 Å². The second-order valence-electron chi connectivity index (χ2n) is 2.53. The van der Waals surface area contributed by atoms with Crippen molar-refractivity contribution in [2.75, 3.05) is 6.61 Å². The number of nitrogens with one attached hydrogen (secondary N) is 1. The average molecular weight is 188 g/mol. The Morgan fingerprint density at radius 1 is 1.62 bits per heavy atom. The largest absolute Gasteiger partial charge is 0.744 e. The van der Waals surface area contributed by atoms with E-state index < -0.39 is 17.6 Å². The lowest BCUT2D eigenvalue weighted by Gasteiger charge is -2.13. The Hall–Kier alpha value is -1.47. The maximum absolute atomic E-state index is 10.4. The van der Waals surface area contributed by atoms with Crippen LogP contribution in [0.1, 0.15) is 0 Å². The van der Waals surface area contributed by atoms with E-state index in [1.807, 2.05) is 0 Å². The molecule has 0 saturated carbocycles. The Bertz CT molecular complexity index is 325. The highest BCUT2D eigenvalue weighted by Crippen LogP contribution is 1.86. The molecule has 13 heavy (non-hydrogen) atoms. The first kappa shape index (κ1) is 9.62. The van der Waals surface area contributed by atoms with Crippen LogP contribution < -0.4 is 10.5 Å². The van der Waals surface area contributed by atoms with Gasteiger partial charge >= 0.3 is 5.62 Å². The van der Waals surface area contributed by atoms with Crippen molar-refractivity contribution >= 4 is 0 Å². The smallest absolute Gasteiger partial charge is 0.358 e. The molecule has 7 nitrogen and oxygen atoms in total. The molecule has 74 valence electrons. The molecule has 0 bridgehead atoms. The van der Waals surface area contributed by atoms with E-state index >= 15 is 0 Å². The fourth-order valence-electron chi connectivity index (χ4n) is 0.945. The number of nitrogens with zero attached hydrogens (tertiary/aromatic N) is 2. The fourth-order valence-corrected chi connectivity index (χ4v) is 0.945. The quantitative estimate of drug-likeness (QED) is 0.473. The molecule has 0 amide bonds. The van der Waals surface area contributed by atoms with Crippen molar-refractivity contribution in [1.29, 1.82) is 0 Å². The summed E-state index contributed by atoms with van der Waals surface area (Å²) in [7, 11) is 0. The number of aliphatic hydroxyl groups is 2. The van der Waals surface area contributed by atoms with Crippen LogP contribution in [0.3, 0.4) is 0 Å². The van der Waals surface area contributed by atoms with Gasteiger partial charge in [0.15, 0.2) is 0 Å². The van der Waals surface area contributed by atoms with E-state index in [-0.39, 0.29) is 12.2 Å². The van der Waals surface area contributed by atoms with Crippen LogP contribution in [0.4, 0.5) is 0 Å². The molecule has 1 heterocycles. The third kappa shape index (κ3) is 2.23. The van der Waals surface area contributed by atoms with Crippen molar-refractivity contribution < 1.29 is 10.2 Å². The molecule has 0 aliphatic rings. The molecule has 0 saturated heterocycles. The maximum atomic E-state index is 10.4. The van der Waals surface area contributed by atoms with Crippen molar-refractivity contribution in [2.45, 2.75) is 12.6 Å². The summed E-state index contributed by atoms with van der Waals surface area (Å²) < 4.78 is 1.22. The Morgan fingerprint density at radius 2 is 2.31 bits per heavy atom. The molecule has 1 unspecified atom stereocenters. The van der Waals surface area contributed by atoms with Gasteiger partial charge in [-0.1, -0.05) is 0 Å². The minimum atomic E-state index is -0.987. The lowest BCUT2D eigenvalue weighted by atomic mass is 10.4. The molecule has 1 aromatic rings. The molecule has 0 radical (unpaired) electrons. The van der Waals surface area contributed by atoms with Crippen molar-refractivity contribution in [3.05, 3.63) is 28.4 Å². The Labute approximate surface area is 73.4 Å². The van der Waals surface area contributed by atoms with Crippen LogP contribution in [0.2, 0.25) is 0 Å². The maximum Gasteiger partial charge on any atom is 0.358 e. The van der Waals surface area contributed by atoms with Crippen LogP contribution in [-0.2, 0) is 6.54 Å². The molecule has 0 aliphatic carbocycles. The third-order valence-electron chi connectivity index (χ3n) is 1.53. The summed E-state index contributed by atoms with van der Waals surface area (Å²) in [6.45, 7) is -0.425. The van der Waals surface area contributed by atoms with Gasteiger partial charge in [-0.05, 0) is 0 Å². The molecular formula is C6H10N3O4-. The predicted molar refractivity (Wildman–Crippen MR) is 43.9 cm³/mol. The summed E-state index contributed by atoms with van der Waals surface area (Å²) in [5.41, 5.74) is -0.215. The summed E-state index contributed by atoms with van der Waals surface area (Å²) in [4.78, 5) is 1.81. The van der Waals surface area contributed by atoms with Crippen LogP contribution in [-0.4, -0.2) is 32.5 Å². The normalized spacial score (nSPS) is 12.8. The van der Waals surface area contributed by atoms with E-state index in [1.165, 1.54) is 17.0 Å². The van der Waals surface area contributed by atoms with E-state index in [0.717, 1.165) is 0 Å². The van der Waals surface area contributed by atoms with Gasteiger partial charge in [-0.15, -0.1) is 0 Å². The van der Waals surface area contributed by atoms with Crippen LogP contribution in [0.25, 0.3) is 0 Å². The first-order valence-corrected chi connectivity index (χ1v) is 3.65. The average Bonchev–Trinajstić information content (AvgIpc) is 2.52. The zero-order valence-electron chi connectivity index (χ0n) is 6.75. The van der Waals surface area contributed by atoms with E-state index in [1.54, 1.807) is 0 Å². The molecule has 0 aliphatic heterocycles. The number of aromatic nitrogens is 2. The molecule has 0 fully saturated rings. The van der Waals surface area contributed by atoms with Crippen LogP contribution in [0.5, 0.6) is 0 Å². The van der Waals surface area contributed by atoms with Gasteiger partial charge in [-0.2, -0.15) is 0 Å². The predicted octanol–water partition coefficient (Wildman–Crippen LogP) is -2.06. The highest BCUT2D eigenvalue weighted by atomic mass is 16.8. The second-order valence-corrected chi connectivity index (χ2v) is 2.53. The van der Waals surface area contributed by atoms with E-state index in [2.05, 4.69) is 4.98 Å². The number of rotatable bonds is 3. The van der Waals surface area contributed by atoms with Crippen molar-refractivity contribution in [3.63, 3.8) is 0 Å². The number of hydrogen-bond acceptors (Lipinski definition) is 4. The van der Waals surface area contributed by atoms with Gasteiger partial charge in [0.2, 0.25) is 0 Å². The molecule has 3 N–H and O–H groups in total. The highest BCUT2D eigenvalue weighted by molar-refractivity contribution is 4.78. The summed E-state index contributed by atoms with van der Waals surface area (Å²) in [6.07, 6.45) is 1.83. The Balaban J connectivity index is 2.90. The number of imidazole rings is 1. The molecule has 1 atom stereocenters. The molecule has 1 rings (SSSR count). The number of hydrogen-bond donors (Lipinski definition) is 3. The number of aromatic amines is 1. The molecule has 7 heteroatoms. The van der Waals surface area contributed by atoms with Gasteiger partial charge in [0.1, 0.15) is 6.10 Å². The monoisotopic (exact) mass is 188 g/mol. The van der Waals surface area contributed by atoms with Gasteiger partial charge in [0, 0.05) is 0 Å². The molecule has 0 spiro atoms. The molecule has 1 aromatic heterocycles. The number of aliphatic hydroxyl groups excluding tert-OH is 2. The summed E-state index contributed by atoms with van der Waals surface area (Å²) in [5.74, 6) is 0. The fraction of sp³-hybridized carbons (Fsp3) is 0.500. The molecule has 0 aromatic carbocycles. The van der Waals surface area contributed by atoms with Gasteiger partial charge < -0.3 is 20.6 Å². The van der Waals surface area contributed by atoms with Gasteiger partial charge in [-0.3, -0.25) is 4.90 Å². The van der Waals surface area contributed by atoms with Crippen molar-refractivity contribution in [3.8, 4) is 0 Å². The summed E-state index contributed by atoms with van der Waals surface area (Å²) in [6, 6.07) is 0. The van der Waals surface area contributed by atoms with E-state index in [9.17, 15) is 10.4 Å². The third-order valence-corrected chi connectivity index (χ3v) is 1.53. The van der Waals surface area contributed by atoms with Gasteiger partial charge in [0.25, 0.3) is 0 Å². The van der Waals surface area contributed by atoms with Gasteiger partial charge in [-0.25, -0.2) is 9.55 Å². The Morgan fingerprint density at radius 3 is 2.85 bits per heavy atom. The molecular weight excluding hydrogens is 178 g/mol. The van der Waals surface area contributed by atoms with Crippen molar-refractivity contribution in [1.82, 2.24) is 14.5 Å². The second kappa shape index (κ2) is 3.97. The van der Waals surface area contributed by atoms with Crippen LogP contribution in [0, 0.1) is 10.4 Å².